The maximum absolute atomic E-state index is 4.52. The molecule has 0 aliphatic heterocycles. The van der Waals surface area contributed by atoms with E-state index in [4.69, 9.17) is 0 Å². The third kappa shape index (κ3) is 2.82. The van der Waals surface area contributed by atoms with Crippen LogP contribution >= 0.6 is 11.8 Å². The molecule has 4 nitrogen and oxygen atoms in total. The predicted octanol–water partition coefficient (Wildman–Crippen LogP) is 3.77. The highest BCUT2D eigenvalue weighted by atomic mass is 32.2. The first-order valence-corrected chi connectivity index (χ1v) is 7.60. The second-order valence-electron chi connectivity index (χ2n) is 5.10. The highest BCUT2D eigenvalue weighted by Crippen LogP contribution is 2.25. The minimum atomic E-state index is 0.704. The van der Waals surface area contributed by atoms with Crippen LogP contribution in [-0.2, 0) is 0 Å². The van der Waals surface area contributed by atoms with Gasteiger partial charge in [0.25, 0.3) is 0 Å². The van der Waals surface area contributed by atoms with Crippen molar-refractivity contribution >= 4 is 22.8 Å². The topological polar surface area (TPSA) is 54.5 Å². The van der Waals surface area contributed by atoms with Crippen LogP contribution in [0.15, 0.2) is 41.6 Å². The maximum Gasteiger partial charge on any atom is 0.138 e. The number of fused-ring (bicyclic) bond motifs is 1. The number of rotatable bonds is 4. The molecule has 3 rings (SSSR count). The van der Waals surface area contributed by atoms with Crippen LogP contribution in [0.1, 0.15) is 13.8 Å². The van der Waals surface area contributed by atoms with Gasteiger partial charge in [0.15, 0.2) is 0 Å². The summed E-state index contributed by atoms with van der Waals surface area (Å²) in [6.45, 7) is 4.47. The van der Waals surface area contributed by atoms with E-state index in [1.807, 2.05) is 11.8 Å². The normalized spacial score (nSPS) is 11.3. The van der Waals surface area contributed by atoms with Gasteiger partial charge in [-0.3, -0.25) is 0 Å². The zero-order chi connectivity index (χ0) is 13.9. The first kappa shape index (κ1) is 13.1. The maximum atomic E-state index is 4.52. The summed E-state index contributed by atoms with van der Waals surface area (Å²) in [4.78, 5) is 9.08. The summed E-state index contributed by atoms with van der Waals surface area (Å²) in [6.07, 6.45) is 3.36. The zero-order valence-corrected chi connectivity index (χ0v) is 12.3. The Labute approximate surface area is 122 Å². The van der Waals surface area contributed by atoms with Crippen molar-refractivity contribution in [1.82, 2.24) is 20.2 Å². The molecule has 20 heavy (non-hydrogen) atoms. The molecule has 0 spiro atoms. The molecular formula is C15H16N4S. The summed E-state index contributed by atoms with van der Waals surface area (Å²) in [5.74, 6) is 2.70. The number of imidazole rings is 1. The van der Waals surface area contributed by atoms with Crippen LogP contribution in [0.4, 0.5) is 0 Å². The first-order chi connectivity index (χ1) is 9.72. The highest BCUT2D eigenvalue weighted by molar-refractivity contribution is 7.99. The Bertz CT molecular complexity index is 670. The van der Waals surface area contributed by atoms with Crippen molar-refractivity contribution in [2.24, 2.45) is 5.92 Å². The third-order valence-corrected chi connectivity index (χ3v) is 4.34. The van der Waals surface area contributed by atoms with Crippen molar-refractivity contribution in [3.05, 3.63) is 36.7 Å². The summed E-state index contributed by atoms with van der Waals surface area (Å²) in [6, 6.07) is 8.49. The van der Waals surface area contributed by atoms with Gasteiger partial charge in [0, 0.05) is 16.2 Å². The second-order valence-corrected chi connectivity index (χ2v) is 6.20. The Morgan fingerprint density at radius 2 is 1.85 bits per heavy atom. The summed E-state index contributed by atoms with van der Waals surface area (Å²) in [7, 11) is 0. The Morgan fingerprint density at radius 3 is 2.55 bits per heavy atom. The van der Waals surface area contributed by atoms with Crippen LogP contribution in [-0.4, -0.2) is 25.9 Å². The molecule has 0 unspecified atom stereocenters. The van der Waals surface area contributed by atoms with Gasteiger partial charge in [0.2, 0.25) is 0 Å². The van der Waals surface area contributed by atoms with Gasteiger partial charge in [-0.05, 0) is 18.1 Å². The lowest BCUT2D eigenvalue weighted by molar-refractivity contribution is 0.750. The molecule has 5 heteroatoms. The summed E-state index contributed by atoms with van der Waals surface area (Å²) < 4.78 is 0. The van der Waals surface area contributed by atoms with Crippen molar-refractivity contribution in [1.29, 1.82) is 0 Å². The van der Waals surface area contributed by atoms with E-state index in [9.17, 15) is 0 Å². The van der Waals surface area contributed by atoms with Gasteiger partial charge in [0.05, 0.1) is 17.9 Å². The number of hydrogen-bond donors (Lipinski definition) is 1. The first-order valence-electron chi connectivity index (χ1n) is 6.62. The molecule has 0 aliphatic rings. The summed E-state index contributed by atoms with van der Waals surface area (Å²) in [5.41, 5.74) is 2.83. The van der Waals surface area contributed by atoms with Crippen molar-refractivity contribution in [3.8, 4) is 11.4 Å². The number of benzene rings is 1. The van der Waals surface area contributed by atoms with Gasteiger partial charge in [-0.15, -0.1) is 11.8 Å². The highest BCUT2D eigenvalue weighted by Gasteiger charge is 2.05. The molecule has 0 amide bonds. The molecule has 0 saturated heterocycles. The van der Waals surface area contributed by atoms with Crippen LogP contribution in [0.2, 0.25) is 0 Å². The molecule has 0 bridgehead atoms. The summed E-state index contributed by atoms with van der Waals surface area (Å²) >= 11 is 1.89. The molecule has 0 saturated carbocycles. The van der Waals surface area contributed by atoms with Crippen LogP contribution in [0.5, 0.6) is 0 Å². The minimum Gasteiger partial charge on any atom is -0.337 e. The standard InChI is InChI=1S/C15H16N4S/c1-10(2)9-20-12-5-3-11(4-6-12)15-18-13-7-16-17-8-14(13)19-15/h3-8,10H,9H2,1-2H3,(H,18,19). The number of H-pyrrole nitrogens is 1. The lowest BCUT2D eigenvalue weighted by Crippen LogP contribution is -1.89. The van der Waals surface area contributed by atoms with Gasteiger partial charge in [-0.25, -0.2) is 4.98 Å². The van der Waals surface area contributed by atoms with Gasteiger partial charge in [-0.2, -0.15) is 10.2 Å². The molecule has 0 fully saturated rings. The Kier molecular flexibility index (Phi) is 3.69. The molecule has 3 aromatic rings. The lowest BCUT2D eigenvalue weighted by atomic mass is 10.2. The molecule has 0 aliphatic carbocycles. The van der Waals surface area contributed by atoms with Crippen molar-refractivity contribution in [2.45, 2.75) is 18.7 Å². The fourth-order valence-electron chi connectivity index (χ4n) is 1.88. The smallest absolute Gasteiger partial charge is 0.138 e. The van der Waals surface area contributed by atoms with Crippen molar-refractivity contribution in [3.63, 3.8) is 0 Å². The van der Waals surface area contributed by atoms with Crippen LogP contribution in [0, 0.1) is 5.92 Å². The molecule has 2 heterocycles. The number of thioether (sulfide) groups is 1. The van der Waals surface area contributed by atoms with Gasteiger partial charge < -0.3 is 4.98 Å². The van der Waals surface area contributed by atoms with E-state index in [-0.39, 0.29) is 0 Å². The Hall–Kier alpha value is -1.88. The Morgan fingerprint density at radius 1 is 1.10 bits per heavy atom. The number of nitrogens with one attached hydrogen (secondary N) is 1. The quantitative estimate of drug-likeness (QED) is 0.741. The van der Waals surface area contributed by atoms with E-state index in [2.05, 4.69) is 58.3 Å². The zero-order valence-electron chi connectivity index (χ0n) is 11.5. The van der Waals surface area contributed by atoms with E-state index in [1.54, 1.807) is 12.4 Å². The SMILES string of the molecule is CC(C)CSc1ccc(-c2nc3cnncc3[nH]2)cc1. The second kappa shape index (κ2) is 5.63. The molecule has 2 aromatic heterocycles. The van der Waals surface area contributed by atoms with E-state index in [1.165, 1.54) is 4.90 Å². The lowest BCUT2D eigenvalue weighted by Gasteiger charge is -2.05. The monoisotopic (exact) mass is 284 g/mol. The fourth-order valence-corrected chi connectivity index (χ4v) is 2.74. The minimum absolute atomic E-state index is 0.704. The Balaban J connectivity index is 1.83. The van der Waals surface area contributed by atoms with E-state index < -0.39 is 0 Å². The van der Waals surface area contributed by atoms with E-state index in [0.717, 1.165) is 28.2 Å². The average molecular weight is 284 g/mol. The van der Waals surface area contributed by atoms with E-state index in [0.29, 0.717) is 5.92 Å². The average Bonchev–Trinajstić information content (AvgIpc) is 2.89. The number of aromatic nitrogens is 4. The molecule has 102 valence electrons. The molecule has 0 radical (unpaired) electrons. The fraction of sp³-hybridized carbons (Fsp3) is 0.267. The van der Waals surface area contributed by atoms with Crippen molar-refractivity contribution < 1.29 is 0 Å². The largest absolute Gasteiger partial charge is 0.337 e. The number of hydrogen-bond acceptors (Lipinski definition) is 4. The van der Waals surface area contributed by atoms with Crippen LogP contribution in [0.25, 0.3) is 22.4 Å². The van der Waals surface area contributed by atoms with Gasteiger partial charge >= 0.3 is 0 Å². The van der Waals surface area contributed by atoms with Gasteiger partial charge in [0.1, 0.15) is 11.3 Å². The number of nitrogens with zero attached hydrogens (tertiary/aromatic N) is 3. The van der Waals surface area contributed by atoms with E-state index >= 15 is 0 Å². The molecular weight excluding hydrogens is 268 g/mol. The summed E-state index contributed by atoms with van der Waals surface area (Å²) in [5, 5.41) is 7.69. The molecule has 1 aromatic carbocycles. The van der Waals surface area contributed by atoms with Gasteiger partial charge in [-0.1, -0.05) is 26.0 Å². The van der Waals surface area contributed by atoms with Crippen molar-refractivity contribution in [2.75, 3.05) is 5.75 Å². The molecule has 1 N–H and O–H groups in total. The van der Waals surface area contributed by atoms with Crippen LogP contribution < -0.4 is 0 Å². The third-order valence-electron chi connectivity index (χ3n) is 2.91. The predicted molar refractivity (Wildman–Crippen MR) is 82.7 cm³/mol. The number of aromatic amines is 1. The van der Waals surface area contributed by atoms with Crippen LogP contribution in [0.3, 0.4) is 0 Å². The molecule has 0 atom stereocenters.